The van der Waals surface area contributed by atoms with Crippen molar-refractivity contribution in [3.63, 3.8) is 0 Å². The molecule has 19 heavy (non-hydrogen) atoms. The molecule has 0 bridgehead atoms. The van der Waals surface area contributed by atoms with Gasteiger partial charge in [-0.3, -0.25) is 4.79 Å². The van der Waals surface area contributed by atoms with Crippen LogP contribution in [0.25, 0.3) is 0 Å². The van der Waals surface area contributed by atoms with Gasteiger partial charge in [0.15, 0.2) is 5.82 Å². The third kappa shape index (κ3) is 2.90. The number of nitrogens with one attached hydrogen (secondary N) is 1. The predicted octanol–water partition coefficient (Wildman–Crippen LogP) is 1.65. The van der Waals surface area contributed by atoms with Gasteiger partial charge in [-0.05, 0) is 24.6 Å². The van der Waals surface area contributed by atoms with E-state index in [1.165, 1.54) is 0 Å². The summed E-state index contributed by atoms with van der Waals surface area (Å²) in [5, 5.41) is 6.97. The second kappa shape index (κ2) is 5.51. The summed E-state index contributed by atoms with van der Waals surface area (Å²) in [6.07, 6.45) is 0.736. The average molecular weight is 260 g/mol. The van der Waals surface area contributed by atoms with E-state index in [1.807, 2.05) is 19.9 Å². The molecule has 0 aliphatic carbocycles. The molecule has 1 aromatic carbocycles. The number of aromatic nitrogens is 2. The number of aryl methyl sites for hydroxylation is 1. The number of nitrogens with zero attached hydrogens (tertiary/aromatic N) is 2. The van der Waals surface area contributed by atoms with E-state index < -0.39 is 5.91 Å². The maximum absolute atomic E-state index is 11.2. The summed E-state index contributed by atoms with van der Waals surface area (Å²) < 4.78 is 5.08. The maximum Gasteiger partial charge on any atom is 0.249 e. The highest BCUT2D eigenvalue weighted by Gasteiger charge is 2.09. The Balaban J connectivity index is 2.11. The Kier molecular flexibility index (Phi) is 3.79. The molecular formula is C13H16N4O2. The van der Waals surface area contributed by atoms with E-state index in [-0.39, 0.29) is 0 Å². The number of benzene rings is 1. The van der Waals surface area contributed by atoms with Gasteiger partial charge < -0.3 is 15.6 Å². The van der Waals surface area contributed by atoms with Crippen LogP contribution in [0, 0.1) is 6.92 Å². The molecule has 1 aromatic heterocycles. The van der Waals surface area contributed by atoms with Gasteiger partial charge in [-0.25, -0.2) is 0 Å². The van der Waals surface area contributed by atoms with Crippen LogP contribution in [-0.4, -0.2) is 16.0 Å². The Morgan fingerprint density at radius 1 is 1.47 bits per heavy atom. The van der Waals surface area contributed by atoms with Crippen molar-refractivity contribution >= 4 is 11.6 Å². The van der Waals surface area contributed by atoms with Gasteiger partial charge in [-0.2, -0.15) is 4.98 Å². The Bertz CT molecular complexity index is 592. The van der Waals surface area contributed by atoms with E-state index >= 15 is 0 Å². The normalized spacial score (nSPS) is 10.4. The number of hydrogen-bond acceptors (Lipinski definition) is 5. The molecule has 0 saturated carbocycles. The van der Waals surface area contributed by atoms with Crippen molar-refractivity contribution in [3.8, 4) is 0 Å². The first-order chi connectivity index (χ1) is 9.11. The first kappa shape index (κ1) is 13.1. The molecule has 100 valence electrons. The van der Waals surface area contributed by atoms with Gasteiger partial charge in [0, 0.05) is 17.7 Å². The van der Waals surface area contributed by atoms with Crippen molar-refractivity contribution in [2.24, 2.45) is 5.73 Å². The summed E-state index contributed by atoms with van der Waals surface area (Å²) in [6.45, 7) is 4.21. The number of carbonyl (C=O) groups excluding carboxylic acids is 1. The minimum Gasteiger partial charge on any atom is -0.376 e. The Labute approximate surface area is 111 Å². The number of nitrogens with two attached hydrogens (primary N) is 1. The molecular weight excluding hydrogens is 244 g/mol. The maximum atomic E-state index is 11.2. The molecule has 0 spiro atoms. The highest BCUT2D eigenvalue weighted by Crippen LogP contribution is 2.19. The molecule has 0 aliphatic heterocycles. The lowest BCUT2D eigenvalue weighted by molar-refractivity contribution is 0.1000. The van der Waals surface area contributed by atoms with Crippen molar-refractivity contribution in [1.29, 1.82) is 0 Å². The van der Waals surface area contributed by atoms with E-state index in [2.05, 4.69) is 15.5 Å². The van der Waals surface area contributed by atoms with E-state index in [1.54, 1.807) is 12.1 Å². The SMILES string of the molecule is CCc1noc(CNc2cccc(C(N)=O)c2C)n1. The molecule has 6 heteroatoms. The zero-order valence-corrected chi connectivity index (χ0v) is 10.9. The number of anilines is 1. The summed E-state index contributed by atoms with van der Waals surface area (Å²) >= 11 is 0. The van der Waals surface area contributed by atoms with Gasteiger partial charge in [-0.15, -0.1) is 0 Å². The van der Waals surface area contributed by atoms with Gasteiger partial charge in [0.05, 0.1) is 6.54 Å². The van der Waals surface area contributed by atoms with Crippen LogP contribution in [0.3, 0.4) is 0 Å². The molecule has 2 rings (SSSR count). The fourth-order valence-corrected chi connectivity index (χ4v) is 1.77. The standard InChI is InChI=1S/C13H16N4O2/c1-3-11-16-12(19-17-11)7-15-10-6-4-5-9(8(10)2)13(14)18/h4-6,15H,3,7H2,1-2H3,(H2,14,18). The minimum atomic E-state index is -0.438. The van der Waals surface area contributed by atoms with Gasteiger partial charge in [0.2, 0.25) is 11.8 Å². The molecule has 0 aliphatic rings. The van der Waals surface area contributed by atoms with Crippen LogP contribution >= 0.6 is 0 Å². The molecule has 0 saturated heterocycles. The molecule has 6 nitrogen and oxygen atoms in total. The van der Waals surface area contributed by atoms with Crippen molar-refractivity contribution in [1.82, 2.24) is 10.1 Å². The van der Waals surface area contributed by atoms with Crippen LogP contribution in [0.1, 0.15) is 34.6 Å². The quantitative estimate of drug-likeness (QED) is 0.852. The number of amides is 1. The summed E-state index contributed by atoms with van der Waals surface area (Å²) in [5.41, 5.74) is 7.45. The molecule has 1 heterocycles. The number of primary amides is 1. The van der Waals surface area contributed by atoms with Crippen LogP contribution in [0.15, 0.2) is 22.7 Å². The first-order valence-electron chi connectivity index (χ1n) is 6.06. The van der Waals surface area contributed by atoms with Crippen LogP contribution in [0.5, 0.6) is 0 Å². The molecule has 1 amide bonds. The van der Waals surface area contributed by atoms with Crippen LogP contribution in [-0.2, 0) is 13.0 Å². The molecule has 0 radical (unpaired) electrons. The minimum absolute atomic E-state index is 0.413. The summed E-state index contributed by atoms with van der Waals surface area (Å²) in [4.78, 5) is 15.4. The smallest absolute Gasteiger partial charge is 0.249 e. The predicted molar refractivity (Wildman–Crippen MR) is 70.7 cm³/mol. The van der Waals surface area contributed by atoms with Gasteiger partial charge in [-0.1, -0.05) is 18.1 Å². The highest BCUT2D eigenvalue weighted by molar-refractivity contribution is 5.95. The van der Waals surface area contributed by atoms with E-state index in [0.717, 1.165) is 17.7 Å². The lowest BCUT2D eigenvalue weighted by atomic mass is 10.1. The molecule has 3 N–H and O–H groups in total. The van der Waals surface area contributed by atoms with E-state index in [0.29, 0.717) is 23.8 Å². The lowest BCUT2D eigenvalue weighted by Gasteiger charge is -2.09. The van der Waals surface area contributed by atoms with E-state index in [4.69, 9.17) is 10.3 Å². The zero-order valence-electron chi connectivity index (χ0n) is 10.9. The van der Waals surface area contributed by atoms with Crippen molar-refractivity contribution in [2.45, 2.75) is 26.8 Å². The largest absolute Gasteiger partial charge is 0.376 e. The molecule has 0 fully saturated rings. The fourth-order valence-electron chi connectivity index (χ4n) is 1.77. The third-order valence-electron chi connectivity index (χ3n) is 2.86. The van der Waals surface area contributed by atoms with Crippen LogP contribution < -0.4 is 11.1 Å². The molecule has 0 unspecified atom stereocenters. The van der Waals surface area contributed by atoms with Crippen molar-refractivity contribution < 1.29 is 9.32 Å². The summed E-state index contributed by atoms with van der Waals surface area (Å²) in [7, 11) is 0. The Morgan fingerprint density at radius 3 is 2.89 bits per heavy atom. The summed E-state index contributed by atoms with van der Waals surface area (Å²) in [5.74, 6) is 0.757. The zero-order chi connectivity index (χ0) is 13.8. The van der Waals surface area contributed by atoms with Crippen molar-refractivity contribution in [3.05, 3.63) is 41.0 Å². The number of rotatable bonds is 5. The average Bonchev–Trinajstić information content (AvgIpc) is 2.85. The van der Waals surface area contributed by atoms with Crippen LogP contribution in [0.4, 0.5) is 5.69 Å². The van der Waals surface area contributed by atoms with Gasteiger partial charge >= 0.3 is 0 Å². The van der Waals surface area contributed by atoms with Gasteiger partial charge in [0.25, 0.3) is 0 Å². The number of carbonyl (C=O) groups is 1. The number of hydrogen-bond donors (Lipinski definition) is 2. The topological polar surface area (TPSA) is 94.0 Å². The monoisotopic (exact) mass is 260 g/mol. The molecule has 2 aromatic rings. The first-order valence-corrected chi connectivity index (χ1v) is 6.06. The lowest BCUT2D eigenvalue weighted by Crippen LogP contribution is -2.14. The Hall–Kier alpha value is -2.37. The summed E-state index contributed by atoms with van der Waals surface area (Å²) in [6, 6.07) is 5.35. The fraction of sp³-hybridized carbons (Fsp3) is 0.308. The second-order valence-corrected chi connectivity index (χ2v) is 4.15. The van der Waals surface area contributed by atoms with E-state index in [9.17, 15) is 4.79 Å². The third-order valence-corrected chi connectivity index (χ3v) is 2.86. The van der Waals surface area contributed by atoms with Crippen molar-refractivity contribution in [2.75, 3.05) is 5.32 Å². The van der Waals surface area contributed by atoms with Gasteiger partial charge in [0.1, 0.15) is 0 Å². The Morgan fingerprint density at radius 2 is 2.26 bits per heavy atom. The highest BCUT2D eigenvalue weighted by atomic mass is 16.5. The molecule has 0 atom stereocenters. The van der Waals surface area contributed by atoms with Crippen LogP contribution in [0.2, 0.25) is 0 Å². The second-order valence-electron chi connectivity index (χ2n) is 4.15.